The lowest BCUT2D eigenvalue weighted by Crippen LogP contribution is -2.53. The summed E-state index contributed by atoms with van der Waals surface area (Å²) in [6.45, 7) is 6.41. The molecule has 0 aromatic carbocycles. The van der Waals surface area contributed by atoms with Crippen LogP contribution in [0.5, 0.6) is 0 Å². The fraction of sp³-hybridized carbons (Fsp3) is 0.909. The largest absolute Gasteiger partial charge is 0.368 e. The Morgan fingerprint density at radius 2 is 2.20 bits per heavy atom. The molecule has 0 spiro atoms. The van der Waals surface area contributed by atoms with Crippen LogP contribution in [0, 0.1) is 0 Å². The van der Waals surface area contributed by atoms with Crippen molar-refractivity contribution < 1.29 is 9.53 Å². The van der Waals surface area contributed by atoms with E-state index in [-0.39, 0.29) is 22.9 Å². The van der Waals surface area contributed by atoms with Gasteiger partial charge in [0, 0.05) is 6.61 Å². The fourth-order valence-electron chi connectivity index (χ4n) is 1.44. The van der Waals surface area contributed by atoms with Crippen molar-refractivity contribution in [3.8, 4) is 0 Å². The molecule has 1 N–H and O–H groups in total. The summed E-state index contributed by atoms with van der Waals surface area (Å²) >= 11 is 6.00. The van der Waals surface area contributed by atoms with Crippen LogP contribution in [-0.2, 0) is 9.53 Å². The zero-order chi connectivity index (χ0) is 11.5. The maximum Gasteiger partial charge on any atom is 0.249 e. The summed E-state index contributed by atoms with van der Waals surface area (Å²) in [6, 6.07) is 0. The number of rotatable bonds is 3. The van der Waals surface area contributed by atoms with Gasteiger partial charge in [0.2, 0.25) is 5.91 Å². The number of ether oxygens (including phenoxy) is 1. The summed E-state index contributed by atoms with van der Waals surface area (Å²) in [4.78, 5) is 11.8. The predicted octanol–water partition coefficient (Wildman–Crippen LogP) is 2.08. The standard InChI is InChI=1S/C11H20ClNO2/c1-8(12)11(2,3)13-10(14)9-6-4-5-7-15-9/h8-9H,4-7H2,1-3H3,(H,13,14). The van der Waals surface area contributed by atoms with E-state index in [1.165, 1.54) is 0 Å². The van der Waals surface area contributed by atoms with E-state index in [2.05, 4.69) is 5.32 Å². The van der Waals surface area contributed by atoms with E-state index in [0.29, 0.717) is 6.61 Å². The van der Waals surface area contributed by atoms with E-state index >= 15 is 0 Å². The van der Waals surface area contributed by atoms with Crippen LogP contribution in [-0.4, -0.2) is 29.5 Å². The Kier molecular flexibility index (Phi) is 4.41. The topological polar surface area (TPSA) is 38.3 Å². The van der Waals surface area contributed by atoms with Gasteiger partial charge in [0.05, 0.1) is 10.9 Å². The van der Waals surface area contributed by atoms with Gasteiger partial charge in [-0.3, -0.25) is 4.79 Å². The molecule has 1 rings (SSSR count). The van der Waals surface area contributed by atoms with Crippen LogP contribution in [0.1, 0.15) is 40.0 Å². The minimum atomic E-state index is -0.389. The summed E-state index contributed by atoms with van der Waals surface area (Å²) in [5.41, 5.74) is -0.389. The molecule has 1 aliphatic heterocycles. The maximum atomic E-state index is 11.8. The molecule has 2 unspecified atom stereocenters. The molecule has 0 aromatic rings. The summed E-state index contributed by atoms with van der Waals surface area (Å²) in [5, 5.41) is 2.82. The molecule has 0 aliphatic carbocycles. The lowest BCUT2D eigenvalue weighted by atomic mass is 10.00. The lowest BCUT2D eigenvalue weighted by Gasteiger charge is -2.32. The Labute approximate surface area is 96.5 Å². The highest BCUT2D eigenvalue weighted by atomic mass is 35.5. The number of carbonyl (C=O) groups is 1. The number of hydrogen-bond acceptors (Lipinski definition) is 2. The fourth-order valence-corrected chi connectivity index (χ4v) is 1.50. The van der Waals surface area contributed by atoms with Crippen molar-refractivity contribution in [2.45, 2.75) is 57.1 Å². The molecule has 0 radical (unpaired) electrons. The maximum absolute atomic E-state index is 11.8. The summed E-state index contributed by atoms with van der Waals surface area (Å²) in [6.07, 6.45) is 2.65. The van der Waals surface area contributed by atoms with Crippen molar-refractivity contribution in [3.63, 3.8) is 0 Å². The lowest BCUT2D eigenvalue weighted by molar-refractivity contribution is -0.137. The minimum absolute atomic E-state index is 0.0350. The highest BCUT2D eigenvalue weighted by molar-refractivity contribution is 6.21. The minimum Gasteiger partial charge on any atom is -0.368 e. The molecule has 0 aromatic heterocycles. The quantitative estimate of drug-likeness (QED) is 0.758. The zero-order valence-corrected chi connectivity index (χ0v) is 10.4. The van der Waals surface area contributed by atoms with Gasteiger partial charge in [-0.2, -0.15) is 0 Å². The van der Waals surface area contributed by atoms with Crippen LogP contribution < -0.4 is 5.32 Å². The van der Waals surface area contributed by atoms with Gasteiger partial charge in [0.1, 0.15) is 6.10 Å². The number of amides is 1. The smallest absolute Gasteiger partial charge is 0.249 e. The number of carbonyl (C=O) groups excluding carboxylic acids is 1. The predicted molar refractivity (Wildman–Crippen MR) is 61.1 cm³/mol. The molecular weight excluding hydrogens is 214 g/mol. The first-order valence-electron chi connectivity index (χ1n) is 5.51. The van der Waals surface area contributed by atoms with Crippen molar-refractivity contribution in [2.24, 2.45) is 0 Å². The van der Waals surface area contributed by atoms with E-state index in [1.54, 1.807) is 0 Å². The Hall–Kier alpha value is -0.280. The van der Waals surface area contributed by atoms with Crippen molar-refractivity contribution in [2.75, 3.05) is 6.61 Å². The Morgan fingerprint density at radius 1 is 1.53 bits per heavy atom. The van der Waals surface area contributed by atoms with Crippen LogP contribution in [0.3, 0.4) is 0 Å². The normalized spacial score (nSPS) is 24.7. The van der Waals surface area contributed by atoms with Crippen LogP contribution in [0.25, 0.3) is 0 Å². The van der Waals surface area contributed by atoms with Gasteiger partial charge in [0.25, 0.3) is 0 Å². The van der Waals surface area contributed by atoms with Gasteiger partial charge in [0.15, 0.2) is 0 Å². The molecule has 3 nitrogen and oxygen atoms in total. The van der Waals surface area contributed by atoms with Crippen LogP contribution >= 0.6 is 11.6 Å². The van der Waals surface area contributed by atoms with E-state index in [4.69, 9.17) is 16.3 Å². The van der Waals surface area contributed by atoms with Crippen molar-refractivity contribution in [3.05, 3.63) is 0 Å². The molecule has 0 bridgehead atoms. The summed E-state index contributed by atoms with van der Waals surface area (Å²) in [7, 11) is 0. The molecule has 2 atom stereocenters. The third kappa shape index (κ3) is 3.65. The number of halogens is 1. The first-order valence-corrected chi connectivity index (χ1v) is 5.95. The molecule has 1 amide bonds. The molecular formula is C11H20ClNO2. The Morgan fingerprint density at radius 3 is 2.67 bits per heavy atom. The van der Waals surface area contributed by atoms with E-state index < -0.39 is 0 Å². The van der Waals surface area contributed by atoms with Gasteiger partial charge < -0.3 is 10.1 Å². The zero-order valence-electron chi connectivity index (χ0n) is 9.68. The van der Waals surface area contributed by atoms with Crippen LogP contribution in [0.4, 0.5) is 0 Å². The van der Waals surface area contributed by atoms with Crippen molar-refractivity contribution >= 4 is 17.5 Å². The number of alkyl halides is 1. The van der Waals surface area contributed by atoms with E-state index in [0.717, 1.165) is 19.3 Å². The highest BCUT2D eigenvalue weighted by Gasteiger charge is 2.30. The summed E-state index contributed by atoms with van der Waals surface area (Å²) in [5.74, 6) is -0.0350. The van der Waals surface area contributed by atoms with Crippen molar-refractivity contribution in [1.29, 1.82) is 0 Å². The Bertz CT molecular complexity index is 223. The average molecular weight is 234 g/mol. The van der Waals surface area contributed by atoms with E-state index in [1.807, 2.05) is 20.8 Å². The first-order chi connectivity index (χ1) is 6.93. The first kappa shape index (κ1) is 12.8. The second kappa shape index (κ2) is 5.17. The SMILES string of the molecule is CC(Cl)C(C)(C)NC(=O)C1CCCCO1. The van der Waals surface area contributed by atoms with Gasteiger partial charge in [-0.1, -0.05) is 0 Å². The third-order valence-corrected chi connectivity index (χ3v) is 3.46. The average Bonchev–Trinajstić information content (AvgIpc) is 2.18. The molecule has 1 saturated heterocycles. The summed E-state index contributed by atoms with van der Waals surface area (Å²) < 4.78 is 5.41. The van der Waals surface area contributed by atoms with Gasteiger partial charge in [-0.15, -0.1) is 11.6 Å². The van der Waals surface area contributed by atoms with E-state index in [9.17, 15) is 4.79 Å². The van der Waals surface area contributed by atoms with Crippen LogP contribution in [0.15, 0.2) is 0 Å². The highest BCUT2D eigenvalue weighted by Crippen LogP contribution is 2.17. The second-order valence-corrected chi connectivity index (χ2v) is 5.34. The van der Waals surface area contributed by atoms with Crippen molar-refractivity contribution in [1.82, 2.24) is 5.32 Å². The molecule has 88 valence electrons. The van der Waals surface area contributed by atoms with Gasteiger partial charge in [-0.25, -0.2) is 0 Å². The molecule has 15 heavy (non-hydrogen) atoms. The molecule has 1 fully saturated rings. The second-order valence-electron chi connectivity index (χ2n) is 4.68. The molecule has 1 aliphatic rings. The number of hydrogen-bond donors (Lipinski definition) is 1. The van der Waals surface area contributed by atoms with Gasteiger partial charge in [-0.05, 0) is 40.0 Å². The third-order valence-electron chi connectivity index (χ3n) is 2.91. The van der Waals surface area contributed by atoms with Crippen LogP contribution in [0.2, 0.25) is 0 Å². The molecule has 0 saturated carbocycles. The molecule has 1 heterocycles. The Balaban J connectivity index is 2.47. The monoisotopic (exact) mass is 233 g/mol. The molecule has 4 heteroatoms. The van der Waals surface area contributed by atoms with Gasteiger partial charge >= 0.3 is 0 Å². The number of nitrogens with one attached hydrogen (secondary N) is 1.